The molecule has 9 heteroatoms. The number of nitrogens with one attached hydrogen (secondary N) is 2. The Labute approximate surface area is 190 Å². The molecule has 33 heavy (non-hydrogen) atoms. The topological polar surface area (TPSA) is 111 Å². The predicted molar refractivity (Wildman–Crippen MR) is 123 cm³/mol. The molecule has 0 saturated heterocycles. The van der Waals surface area contributed by atoms with Crippen LogP contribution in [0.1, 0.15) is 27.6 Å². The van der Waals surface area contributed by atoms with E-state index in [1.165, 1.54) is 37.4 Å². The molecule has 1 heterocycles. The molecule has 2 N–H and O–H groups in total. The molecule has 0 amide bonds. The first-order valence-corrected chi connectivity index (χ1v) is 11.4. The summed E-state index contributed by atoms with van der Waals surface area (Å²) in [4.78, 5) is 23.9. The fourth-order valence-electron chi connectivity index (χ4n) is 3.11. The van der Waals surface area contributed by atoms with Crippen LogP contribution in [-0.4, -0.2) is 26.8 Å². The van der Waals surface area contributed by atoms with Crippen molar-refractivity contribution in [3.63, 3.8) is 0 Å². The summed E-state index contributed by atoms with van der Waals surface area (Å²) in [5.74, 6) is 0.749. The Morgan fingerprint density at radius 2 is 1.64 bits per heavy atom. The highest BCUT2D eigenvalue weighted by atomic mass is 32.2. The smallest absolute Gasteiger partial charge is 0.261 e. The van der Waals surface area contributed by atoms with Crippen molar-refractivity contribution in [1.82, 2.24) is 0 Å². The quantitative estimate of drug-likeness (QED) is 0.379. The number of ketones is 2. The van der Waals surface area contributed by atoms with Crippen LogP contribution in [0.2, 0.25) is 0 Å². The van der Waals surface area contributed by atoms with Crippen molar-refractivity contribution in [2.75, 3.05) is 16.8 Å². The van der Waals surface area contributed by atoms with Gasteiger partial charge >= 0.3 is 0 Å². The van der Waals surface area contributed by atoms with Gasteiger partial charge in [-0.15, -0.1) is 0 Å². The molecule has 0 spiro atoms. The van der Waals surface area contributed by atoms with Crippen LogP contribution in [-0.2, 0) is 10.0 Å². The number of ether oxygens (including phenoxy) is 2. The van der Waals surface area contributed by atoms with Gasteiger partial charge in [-0.05, 0) is 61.5 Å². The van der Waals surface area contributed by atoms with Gasteiger partial charge in [0.1, 0.15) is 0 Å². The number of allylic oxidation sites excluding steroid dienone is 1. The predicted octanol–water partition coefficient (Wildman–Crippen LogP) is 4.23. The van der Waals surface area contributed by atoms with Gasteiger partial charge in [0.2, 0.25) is 6.79 Å². The van der Waals surface area contributed by atoms with E-state index in [9.17, 15) is 18.0 Å². The summed E-state index contributed by atoms with van der Waals surface area (Å²) in [6.45, 7) is 1.55. The van der Waals surface area contributed by atoms with Crippen molar-refractivity contribution in [3.05, 3.63) is 90.1 Å². The number of hydrogen-bond donors (Lipinski definition) is 2. The van der Waals surface area contributed by atoms with Crippen LogP contribution in [0.15, 0.2) is 83.9 Å². The highest BCUT2D eigenvalue weighted by Crippen LogP contribution is 2.32. The van der Waals surface area contributed by atoms with Crippen LogP contribution < -0.4 is 19.5 Å². The molecule has 1 aliphatic rings. The molecule has 3 aromatic carbocycles. The van der Waals surface area contributed by atoms with E-state index in [4.69, 9.17) is 9.47 Å². The third-order valence-electron chi connectivity index (χ3n) is 4.83. The Morgan fingerprint density at radius 1 is 0.879 bits per heavy atom. The van der Waals surface area contributed by atoms with Crippen LogP contribution >= 0.6 is 0 Å². The maximum atomic E-state index is 12.6. The van der Waals surface area contributed by atoms with Crippen molar-refractivity contribution in [3.8, 4) is 11.5 Å². The Bertz CT molecular complexity index is 1350. The number of Topliss-reactive ketones (excluding diaryl/α,β-unsaturated/α-hetero) is 1. The van der Waals surface area contributed by atoms with Gasteiger partial charge in [-0.3, -0.25) is 14.3 Å². The van der Waals surface area contributed by atoms with E-state index in [1.807, 2.05) is 0 Å². The minimum absolute atomic E-state index is 0.0571. The maximum Gasteiger partial charge on any atom is 0.261 e. The van der Waals surface area contributed by atoms with Crippen LogP contribution in [0.4, 0.5) is 11.4 Å². The van der Waals surface area contributed by atoms with Crippen molar-refractivity contribution >= 4 is 33.0 Å². The first-order valence-electron chi connectivity index (χ1n) is 9.93. The first kappa shape index (κ1) is 22.1. The normalized spacial score (nSPS) is 12.5. The number of benzene rings is 3. The lowest BCUT2D eigenvalue weighted by Gasteiger charge is -2.09. The Hall–Kier alpha value is -4.11. The monoisotopic (exact) mass is 464 g/mol. The summed E-state index contributed by atoms with van der Waals surface area (Å²) in [5, 5.41) is 2.94. The second kappa shape index (κ2) is 9.17. The number of anilines is 2. The maximum absolute atomic E-state index is 12.6. The number of fused-ring (bicyclic) bond motifs is 1. The Balaban J connectivity index is 1.39. The summed E-state index contributed by atoms with van der Waals surface area (Å²) >= 11 is 0. The van der Waals surface area contributed by atoms with Crippen molar-refractivity contribution in [2.24, 2.45) is 0 Å². The molecule has 4 rings (SSSR count). The Kier molecular flexibility index (Phi) is 6.14. The third kappa shape index (κ3) is 5.21. The lowest BCUT2D eigenvalue weighted by atomic mass is 10.1. The fourth-order valence-corrected chi connectivity index (χ4v) is 4.16. The molecule has 0 radical (unpaired) electrons. The second-order valence-corrected chi connectivity index (χ2v) is 8.86. The zero-order chi connectivity index (χ0) is 23.4. The molecule has 0 unspecified atom stereocenters. The molecular weight excluding hydrogens is 444 g/mol. The van der Waals surface area contributed by atoms with E-state index in [1.54, 1.807) is 48.5 Å². The van der Waals surface area contributed by atoms with Crippen LogP contribution in [0.25, 0.3) is 0 Å². The molecule has 1 aliphatic heterocycles. The summed E-state index contributed by atoms with van der Waals surface area (Å²) in [6.07, 6.45) is 2.84. The zero-order valence-electron chi connectivity index (χ0n) is 17.6. The minimum atomic E-state index is -3.83. The number of carbonyl (C=O) groups excluding carboxylic acids is 2. The molecule has 0 aliphatic carbocycles. The highest BCUT2D eigenvalue weighted by molar-refractivity contribution is 7.92. The number of hydrogen-bond acceptors (Lipinski definition) is 7. The van der Waals surface area contributed by atoms with Crippen LogP contribution in [0.3, 0.4) is 0 Å². The van der Waals surface area contributed by atoms with Gasteiger partial charge < -0.3 is 14.8 Å². The van der Waals surface area contributed by atoms with E-state index in [2.05, 4.69) is 10.0 Å². The van der Waals surface area contributed by atoms with Crippen molar-refractivity contribution in [1.29, 1.82) is 0 Å². The average Bonchev–Trinajstić information content (AvgIpc) is 3.27. The summed E-state index contributed by atoms with van der Waals surface area (Å²) in [6, 6.07) is 17.3. The minimum Gasteiger partial charge on any atom is -0.454 e. The zero-order valence-corrected chi connectivity index (χ0v) is 18.4. The summed E-state index contributed by atoms with van der Waals surface area (Å²) in [5.41, 5.74) is 1.77. The van der Waals surface area contributed by atoms with Crippen molar-refractivity contribution in [2.45, 2.75) is 11.8 Å². The highest BCUT2D eigenvalue weighted by Gasteiger charge is 2.16. The van der Waals surface area contributed by atoms with Gasteiger partial charge in [0.05, 0.1) is 4.90 Å². The Morgan fingerprint density at radius 3 is 2.39 bits per heavy atom. The fraction of sp³-hybridized carbons (Fsp3) is 0.0833. The standard InChI is InChI=1S/C24H20N2O6S/c1-16(27)17-3-2-4-20(13-17)26-33(29,30)21-8-6-19(7-9-21)25-12-11-22(28)18-5-10-23-24(14-18)32-15-31-23/h2-14,25-26H,15H2,1H3/b12-11+. The second-order valence-electron chi connectivity index (χ2n) is 7.18. The lowest BCUT2D eigenvalue weighted by molar-refractivity contribution is 0.101. The molecule has 0 atom stereocenters. The van der Waals surface area contributed by atoms with Gasteiger partial charge in [0.15, 0.2) is 23.1 Å². The van der Waals surface area contributed by atoms with E-state index in [-0.39, 0.29) is 23.3 Å². The van der Waals surface area contributed by atoms with Gasteiger partial charge in [-0.1, -0.05) is 12.1 Å². The van der Waals surface area contributed by atoms with E-state index in [0.717, 1.165) is 0 Å². The number of rotatable bonds is 8. The van der Waals surface area contributed by atoms with Gasteiger partial charge in [-0.2, -0.15) is 0 Å². The number of carbonyl (C=O) groups is 2. The van der Waals surface area contributed by atoms with Crippen molar-refractivity contribution < 1.29 is 27.5 Å². The van der Waals surface area contributed by atoms with Crippen LogP contribution in [0, 0.1) is 0 Å². The molecule has 8 nitrogen and oxygen atoms in total. The van der Waals surface area contributed by atoms with E-state index in [0.29, 0.717) is 34.0 Å². The molecule has 0 saturated carbocycles. The van der Waals surface area contributed by atoms with Gasteiger partial charge in [-0.25, -0.2) is 8.42 Å². The first-order chi connectivity index (χ1) is 15.8. The molecular formula is C24H20N2O6S. The van der Waals surface area contributed by atoms with Crippen LogP contribution in [0.5, 0.6) is 11.5 Å². The molecule has 0 fully saturated rings. The molecule has 168 valence electrons. The lowest BCUT2D eigenvalue weighted by Crippen LogP contribution is -2.13. The van der Waals surface area contributed by atoms with E-state index >= 15 is 0 Å². The molecule has 0 aromatic heterocycles. The summed E-state index contributed by atoms with van der Waals surface area (Å²) in [7, 11) is -3.83. The molecule has 0 bridgehead atoms. The summed E-state index contributed by atoms with van der Waals surface area (Å²) < 4.78 is 38.2. The largest absolute Gasteiger partial charge is 0.454 e. The number of sulfonamides is 1. The van der Waals surface area contributed by atoms with Gasteiger partial charge in [0, 0.05) is 34.8 Å². The van der Waals surface area contributed by atoms with E-state index < -0.39 is 10.0 Å². The SMILES string of the molecule is CC(=O)c1cccc(NS(=O)(=O)c2ccc(N/C=C/C(=O)c3ccc4c(c3)OCO4)cc2)c1. The van der Waals surface area contributed by atoms with Gasteiger partial charge in [0.25, 0.3) is 10.0 Å². The molecule has 3 aromatic rings. The average molecular weight is 464 g/mol. The third-order valence-corrected chi connectivity index (χ3v) is 6.22.